The molecule has 5 heteroatoms. The molecule has 0 fully saturated rings. The number of carboxylic acids is 1. The van der Waals surface area contributed by atoms with Crippen molar-refractivity contribution >= 4 is 27.8 Å². The van der Waals surface area contributed by atoms with Crippen molar-refractivity contribution in [3.8, 4) is 0 Å². The third-order valence-corrected chi connectivity index (χ3v) is 3.46. The largest absolute Gasteiger partial charge is 0.481 e. The number of hydrogen-bond acceptors (Lipinski definition) is 2. The average molecular weight is 328 g/mol. The number of rotatable bonds is 6. The maximum Gasteiger partial charge on any atom is 0.306 e. The molecular formula is C14H18BrNO3. The van der Waals surface area contributed by atoms with Crippen LogP contribution in [0.5, 0.6) is 0 Å². The summed E-state index contributed by atoms with van der Waals surface area (Å²) in [6, 6.07) is 5.55. The normalized spacial score (nSPS) is 11.9. The molecule has 0 spiro atoms. The number of carboxylic acid groups (broad SMARTS) is 1. The standard InChI is InChI=1S/C14H18BrNO3/c1-9-5-6-11(15)8-12(9)13(17)16-7-3-4-10(2)14(18)19/h5-6,8,10H,3-4,7H2,1-2H3,(H,16,17)(H,18,19). The van der Waals surface area contributed by atoms with Crippen molar-refractivity contribution in [3.63, 3.8) is 0 Å². The Morgan fingerprint density at radius 1 is 1.42 bits per heavy atom. The lowest BCUT2D eigenvalue weighted by molar-refractivity contribution is -0.141. The molecule has 4 nitrogen and oxygen atoms in total. The Kier molecular flexibility index (Phi) is 6.02. The summed E-state index contributed by atoms with van der Waals surface area (Å²) in [5.74, 6) is -1.29. The fraction of sp³-hybridized carbons (Fsp3) is 0.429. The van der Waals surface area contributed by atoms with Crippen LogP contribution in [0.4, 0.5) is 0 Å². The van der Waals surface area contributed by atoms with Gasteiger partial charge in [0.2, 0.25) is 0 Å². The SMILES string of the molecule is Cc1ccc(Br)cc1C(=O)NCCCC(C)C(=O)O. The molecule has 1 atom stereocenters. The highest BCUT2D eigenvalue weighted by Gasteiger charge is 2.11. The zero-order chi connectivity index (χ0) is 14.4. The lowest BCUT2D eigenvalue weighted by Crippen LogP contribution is -2.26. The topological polar surface area (TPSA) is 66.4 Å². The van der Waals surface area contributed by atoms with E-state index in [4.69, 9.17) is 5.11 Å². The number of carbonyl (C=O) groups excluding carboxylic acids is 1. The number of carbonyl (C=O) groups is 2. The summed E-state index contributed by atoms with van der Waals surface area (Å²) in [5, 5.41) is 11.6. The molecule has 0 heterocycles. The van der Waals surface area contributed by atoms with Crippen LogP contribution in [0.1, 0.15) is 35.7 Å². The van der Waals surface area contributed by atoms with Crippen LogP contribution in [0.25, 0.3) is 0 Å². The van der Waals surface area contributed by atoms with Crippen molar-refractivity contribution in [2.24, 2.45) is 5.92 Å². The molecular weight excluding hydrogens is 310 g/mol. The highest BCUT2D eigenvalue weighted by atomic mass is 79.9. The van der Waals surface area contributed by atoms with Crippen LogP contribution in [-0.2, 0) is 4.79 Å². The number of aliphatic carboxylic acids is 1. The van der Waals surface area contributed by atoms with Crippen molar-refractivity contribution in [1.29, 1.82) is 0 Å². The number of nitrogens with one attached hydrogen (secondary N) is 1. The molecule has 1 aromatic rings. The van der Waals surface area contributed by atoms with E-state index in [1.54, 1.807) is 13.0 Å². The Balaban J connectivity index is 2.43. The molecule has 104 valence electrons. The average Bonchev–Trinajstić information content (AvgIpc) is 2.36. The minimum absolute atomic E-state index is 0.123. The fourth-order valence-electron chi connectivity index (χ4n) is 1.67. The van der Waals surface area contributed by atoms with Crippen LogP contribution in [0.2, 0.25) is 0 Å². The van der Waals surface area contributed by atoms with Crippen LogP contribution in [0.15, 0.2) is 22.7 Å². The van der Waals surface area contributed by atoms with Crippen LogP contribution in [0.3, 0.4) is 0 Å². The molecule has 0 aliphatic rings. The van der Waals surface area contributed by atoms with Gasteiger partial charge in [-0.2, -0.15) is 0 Å². The van der Waals surface area contributed by atoms with Crippen LogP contribution in [0, 0.1) is 12.8 Å². The van der Waals surface area contributed by atoms with E-state index >= 15 is 0 Å². The van der Waals surface area contributed by atoms with Crippen LogP contribution >= 0.6 is 15.9 Å². The maximum atomic E-state index is 11.9. The van der Waals surface area contributed by atoms with Crippen molar-refractivity contribution in [1.82, 2.24) is 5.32 Å². The van der Waals surface area contributed by atoms with E-state index < -0.39 is 5.97 Å². The van der Waals surface area contributed by atoms with Gasteiger partial charge in [-0.25, -0.2) is 0 Å². The first-order chi connectivity index (χ1) is 8.91. The van der Waals surface area contributed by atoms with Gasteiger partial charge in [-0.3, -0.25) is 9.59 Å². The molecule has 0 radical (unpaired) electrons. The maximum absolute atomic E-state index is 11.9. The molecule has 1 rings (SSSR count). The van der Waals surface area contributed by atoms with Crippen LogP contribution < -0.4 is 5.32 Å². The third-order valence-electron chi connectivity index (χ3n) is 2.97. The first-order valence-electron chi connectivity index (χ1n) is 6.19. The summed E-state index contributed by atoms with van der Waals surface area (Å²) in [7, 11) is 0. The van der Waals surface area contributed by atoms with Gasteiger partial charge in [0, 0.05) is 16.6 Å². The minimum Gasteiger partial charge on any atom is -0.481 e. The van der Waals surface area contributed by atoms with E-state index in [0.717, 1.165) is 10.0 Å². The Morgan fingerprint density at radius 3 is 2.74 bits per heavy atom. The lowest BCUT2D eigenvalue weighted by atomic mass is 10.1. The fourth-order valence-corrected chi connectivity index (χ4v) is 2.03. The molecule has 0 aliphatic carbocycles. The van der Waals surface area contributed by atoms with Crippen LogP contribution in [-0.4, -0.2) is 23.5 Å². The predicted octanol–water partition coefficient (Wildman–Crippen LogP) is 2.99. The number of halogens is 1. The van der Waals surface area contributed by atoms with E-state index in [1.165, 1.54) is 0 Å². The second kappa shape index (κ2) is 7.28. The Bertz CT molecular complexity index is 474. The monoisotopic (exact) mass is 327 g/mol. The second-order valence-electron chi connectivity index (χ2n) is 4.60. The molecule has 1 unspecified atom stereocenters. The van der Waals surface area contributed by atoms with Gasteiger partial charge in [0.15, 0.2) is 0 Å². The number of amides is 1. The highest BCUT2D eigenvalue weighted by molar-refractivity contribution is 9.10. The molecule has 2 N–H and O–H groups in total. The summed E-state index contributed by atoms with van der Waals surface area (Å²) in [4.78, 5) is 22.6. The summed E-state index contributed by atoms with van der Waals surface area (Å²) in [5.41, 5.74) is 1.56. The van der Waals surface area contributed by atoms with Gasteiger partial charge >= 0.3 is 5.97 Å². The van der Waals surface area contributed by atoms with Gasteiger partial charge < -0.3 is 10.4 Å². The van der Waals surface area contributed by atoms with Gasteiger partial charge in [0.25, 0.3) is 5.91 Å². The van der Waals surface area contributed by atoms with E-state index in [0.29, 0.717) is 24.9 Å². The van der Waals surface area contributed by atoms with Crippen molar-refractivity contribution < 1.29 is 14.7 Å². The minimum atomic E-state index is -0.797. The molecule has 0 aliphatic heterocycles. The molecule has 0 aromatic heterocycles. The van der Waals surface area contributed by atoms with Crippen molar-refractivity contribution in [2.75, 3.05) is 6.54 Å². The van der Waals surface area contributed by atoms with E-state index in [1.807, 2.05) is 19.1 Å². The molecule has 1 aromatic carbocycles. The molecule has 0 saturated heterocycles. The smallest absolute Gasteiger partial charge is 0.306 e. The van der Waals surface area contributed by atoms with Gasteiger partial charge in [0.1, 0.15) is 0 Å². The van der Waals surface area contributed by atoms with E-state index in [9.17, 15) is 9.59 Å². The predicted molar refractivity (Wildman–Crippen MR) is 77.2 cm³/mol. The van der Waals surface area contributed by atoms with Gasteiger partial charge in [-0.1, -0.05) is 28.9 Å². The summed E-state index contributed by atoms with van der Waals surface area (Å²) >= 11 is 3.34. The molecule has 0 saturated carbocycles. The Labute approximate surface area is 121 Å². The summed E-state index contributed by atoms with van der Waals surface area (Å²) in [6.07, 6.45) is 1.22. The lowest BCUT2D eigenvalue weighted by Gasteiger charge is -2.09. The summed E-state index contributed by atoms with van der Waals surface area (Å²) < 4.78 is 0.864. The van der Waals surface area contributed by atoms with Crippen molar-refractivity contribution in [3.05, 3.63) is 33.8 Å². The Morgan fingerprint density at radius 2 is 2.11 bits per heavy atom. The van der Waals surface area contributed by atoms with Gasteiger partial charge in [0.05, 0.1) is 5.92 Å². The number of benzene rings is 1. The first kappa shape index (κ1) is 15.7. The van der Waals surface area contributed by atoms with Crippen molar-refractivity contribution in [2.45, 2.75) is 26.7 Å². The number of hydrogen-bond donors (Lipinski definition) is 2. The molecule has 0 bridgehead atoms. The summed E-state index contributed by atoms with van der Waals surface area (Å²) in [6.45, 7) is 4.04. The van der Waals surface area contributed by atoms with Gasteiger partial charge in [-0.15, -0.1) is 0 Å². The Hall–Kier alpha value is -1.36. The second-order valence-corrected chi connectivity index (χ2v) is 5.51. The highest BCUT2D eigenvalue weighted by Crippen LogP contribution is 2.16. The zero-order valence-corrected chi connectivity index (χ0v) is 12.7. The molecule has 19 heavy (non-hydrogen) atoms. The van der Waals surface area contributed by atoms with E-state index in [-0.39, 0.29) is 11.8 Å². The number of aryl methyl sites for hydroxylation is 1. The van der Waals surface area contributed by atoms with E-state index in [2.05, 4.69) is 21.2 Å². The zero-order valence-electron chi connectivity index (χ0n) is 11.1. The molecule has 1 amide bonds. The quantitative estimate of drug-likeness (QED) is 0.789. The third kappa shape index (κ3) is 5.03. The first-order valence-corrected chi connectivity index (χ1v) is 6.98. The van der Waals surface area contributed by atoms with Gasteiger partial charge in [-0.05, 0) is 37.5 Å².